The van der Waals surface area contributed by atoms with Crippen molar-refractivity contribution in [3.63, 3.8) is 0 Å². The topological polar surface area (TPSA) is 18.5 Å². The summed E-state index contributed by atoms with van der Waals surface area (Å²) in [5, 5.41) is 1.08. The van der Waals surface area contributed by atoms with Gasteiger partial charge in [0.15, 0.2) is 11.5 Å². The van der Waals surface area contributed by atoms with E-state index >= 15 is 0 Å². The highest BCUT2D eigenvalue weighted by Crippen LogP contribution is 2.37. The molecule has 0 aromatic heterocycles. The van der Waals surface area contributed by atoms with Crippen molar-refractivity contribution < 1.29 is 9.47 Å². The van der Waals surface area contributed by atoms with E-state index in [2.05, 4.69) is 15.9 Å². The molecular formula is C15H12BrCl3O2. The molecule has 0 aliphatic heterocycles. The van der Waals surface area contributed by atoms with Gasteiger partial charge in [0.05, 0.1) is 12.1 Å². The van der Waals surface area contributed by atoms with Gasteiger partial charge in [0.2, 0.25) is 0 Å². The van der Waals surface area contributed by atoms with E-state index in [0.717, 1.165) is 15.6 Å². The minimum Gasteiger partial charge on any atom is -0.493 e. The highest BCUT2D eigenvalue weighted by Gasteiger charge is 2.13. The normalized spacial score (nSPS) is 10.5. The molecule has 0 unspecified atom stereocenters. The molecule has 6 heteroatoms. The Balaban J connectivity index is 2.23. The smallest absolute Gasteiger partial charge is 0.180 e. The number of halogens is 4. The van der Waals surface area contributed by atoms with Crippen LogP contribution >= 0.6 is 50.7 Å². The summed E-state index contributed by atoms with van der Waals surface area (Å²) in [6.45, 7) is 0.294. The van der Waals surface area contributed by atoms with Crippen LogP contribution in [0.4, 0.5) is 0 Å². The molecule has 0 amide bonds. The second kappa shape index (κ2) is 7.59. The Bertz CT molecular complexity index is 647. The van der Waals surface area contributed by atoms with Crippen LogP contribution in [0.2, 0.25) is 10.0 Å². The maximum atomic E-state index is 6.22. The summed E-state index contributed by atoms with van der Waals surface area (Å²) in [7, 11) is 1.56. The van der Waals surface area contributed by atoms with Crippen LogP contribution in [0.15, 0.2) is 34.8 Å². The number of rotatable bonds is 5. The van der Waals surface area contributed by atoms with Gasteiger partial charge in [-0.25, -0.2) is 0 Å². The fourth-order valence-electron chi connectivity index (χ4n) is 1.78. The molecule has 2 aromatic rings. The molecule has 0 saturated heterocycles. The molecule has 112 valence electrons. The molecule has 0 aliphatic carbocycles. The van der Waals surface area contributed by atoms with E-state index in [0.29, 0.717) is 34.0 Å². The number of alkyl halides is 1. The summed E-state index contributed by atoms with van der Waals surface area (Å²) in [5.41, 5.74) is 1.73. The van der Waals surface area contributed by atoms with Gasteiger partial charge in [0.25, 0.3) is 0 Å². The second-order valence-corrected chi connectivity index (χ2v) is 6.26. The third-order valence-corrected chi connectivity index (χ3v) is 4.27. The predicted molar refractivity (Wildman–Crippen MR) is 91.0 cm³/mol. The van der Waals surface area contributed by atoms with Gasteiger partial charge in [0, 0.05) is 20.9 Å². The molecule has 0 bridgehead atoms. The Hall–Kier alpha value is -0.610. The highest BCUT2D eigenvalue weighted by atomic mass is 79.9. The zero-order valence-electron chi connectivity index (χ0n) is 11.1. The molecule has 2 aromatic carbocycles. The summed E-state index contributed by atoms with van der Waals surface area (Å²) in [5.74, 6) is 1.38. The van der Waals surface area contributed by atoms with Gasteiger partial charge in [-0.3, -0.25) is 0 Å². The van der Waals surface area contributed by atoms with Crippen molar-refractivity contribution >= 4 is 50.7 Å². The molecule has 2 rings (SSSR count). The highest BCUT2D eigenvalue weighted by molar-refractivity contribution is 9.10. The van der Waals surface area contributed by atoms with Crippen LogP contribution in [-0.2, 0) is 12.5 Å². The van der Waals surface area contributed by atoms with E-state index in [9.17, 15) is 0 Å². The van der Waals surface area contributed by atoms with E-state index in [1.807, 2.05) is 18.2 Å². The van der Waals surface area contributed by atoms with Gasteiger partial charge in [-0.05, 0) is 29.8 Å². The Labute approximate surface area is 147 Å². The van der Waals surface area contributed by atoms with Crippen molar-refractivity contribution in [1.82, 2.24) is 0 Å². The van der Waals surface area contributed by atoms with E-state index in [-0.39, 0.29) is 0 Å². The van der Waals surface area contributed by atoms with Crippen LogP contribution in [0.1, 0.15) is 11.1 Å². The quantitative estimate of drug-likeness (QED) is 0.556. The minimum absolute atomic E-state index is 0.294. The molecule has 2 nitrogen and oxygen atoms in total. The molecule has 0 radical (unpaired) electrons. The lowest BCUT2D eigenvalue weighted by Crippen LogP contribution is -2.00. The van der Waals surface area contributed by atoms with Crippen molar-refractivity contribution in [2.24, 2.45) is 0 Å². The first-order chi connectivity index (χ1) is 10.0. The van der Waals surface area contributed by atoms with Crippen LogP contribution in [0.25, 0.3) is 0 Å². The zero-order valence-corrected chi connectivity index (χ0v) is 15.0. The first kappa shape index (κ1) is 16.8. The maximum absolute atomic E-state index is 6.22. The van der Waals surface area contributed by atoms with Gasteiger partial charge in [-0.15, -0.1) is 11.6 Å². The van der Waals surface area contributed by atoms with Crippen LogP contribution in [0.3, 0.4) is 0 Å². The maximum Gasteiger partial charge on any atom is 0.180 e. The van der Waals surface area contributed by atoms with Crippen molar-refractivity contribution in [2.45, 2.75) is 12.5 Å². The molecule has 0 saturated carbocycles. The fraction of sp³-hybridized carbons (Fsp3) is 0.200. The third kappa shape index (κ3) is 4.19. The predicted octanol–water partition coefficient (Wildman–Crippen LogP) is 6.08. The molecule has 0 fully saturated rings. The number of hydrogen-bond donors (Lipinski definition) is 0. The van der Waals surface area contributed by atoms with Crippen molar-refractivity contribution in [3.8, 4) is 11.5 Å². The Morgan fingerprint density at radius 1 is 1.10 bits per heavy atom. The van der Waals surface area contributed by atoms with Gasteiger partial charge in [-0.2, -0.15) is 0 Å². The van der Waals surface area contributed by atoms with E-state index < -0.39 is 0 Å². The molecule has 0 N–H and O–H groups in total. The number of benzene rings is 2. The second-order valence-electron chi connectivity index (χ2n) is 4.27. The van der Waals surface area contributed by atoms with Crippen molar-refractivity contribution in [1.29, 1.82) is 0 Å². The van der Waals surface area contributed by atoms with Gasteiger partial charge < -0.3 is 9.47 Å². The summed E-state index contributed by atoms with van der Waals surface area (Å²) < 4.78 is 12.0. The lowest BCUT2D eigenvalue weighted by Gasteiger charge is -2.14. The first-order valence-electron chi connectivity index (χ1n) is 6.04. The lowest BCUT2D eigenvalue weighted by molar-refractivity contribution is 0.284. The standard InChI is InChI=1S/C15H12BrCl3O2/c1-20-14-5-9(7-17)4-13(19)15(14)21-8-10-2-3-11(16)6-12(10)18/h2-6H,7-8H2,1H3. The SMILES string of the molecule is COc1cc(CCl)cc(Cl)c1OCc1ccc(Br)cc1Cl. The Kier molecular flexibility index (Phi) is 6.06. The monoisotopic (exact) mass is 408 g/mol. The number of methoxy groups -OCH3 is 1. The zero-order chi connectivity index (χ0) is 15.4. The molecule has 0 atom stereocenters. The van der Waals surface area contributed by atoms with Crippen LogP contribution in [-0.4, -0.2) is 7.11 Å². The van der Waals surface area contributed by atoms with E-state index in [1.165, 1.54) is 0 Å². The molecule has 0 heterocycles. The number of ether oxygens (including phenoxy) is 2. The average molecular weight is 411 g/mol. The van der Waals surface area contributed by atoms with E-state index in [1.54, 1.807) is 19.2 Å². The van der Waals surface area contributed by atoms with Gasteiger partial charge in [-0.1, -0.05) is 45.2 Å². The third-order valence-electron chi connectivity index (χ3n) is 2.83. The summed E-state index contributed by atoms with van der Waals surface area (Å²) in [6, 6.07) is 9.17. The van der Waals surface area contributed by atoms with Crippen molar-refractivity contribution in [2.75, 3.05) is 7.11 Å². The van der Waals surface area contributed by atoms with Crippen LogP contribution in [0.5, 0.6) is 11.5 Å². The van der Waals surface area contributed by atoms with Gasteiger partial charge >= 0.3 is 0 Å². The molecule has 21 heavy (non-hydrogen) atoms. The van der Waals surface area contributed by atoms with Gasteiger partial charge in [0.1, 0.15) is 6.61 Å². The van der Waals surface area contributed by atoms with Crippen LogP contribution in [0, 0.1) is 0 Å². The minimum atomic E-state index is 0.294. The largest absolute Gasteiger partial charge is 0.493 e. The molecule has 0 spiro atoms. The van der Waals surface area contributed by atoms with E-state index in [4.69, 9.17) is 44.3 Å². The molecule has 0 aliphatic rings. The summed E-state index contributed by atoms with van der Waals surface area (Å²) >= 11 is 21.6. The summed E-state index contributed by atoms with van der Waals surface area (Å²) in [4.78, 5) is 0. The van der Waals surface area contributed by atoms with Crippen molar-refractivity contribution in [3.05, 3.63) is 56.0 Å². The summed E-state index contributed by atoms with van der Waals surface area (Å²) in [6.07, 6.45) is 0. The molecular weight excluding hydrogens is 398 g/mol. The van der Waals surface area contributed by atoms with Crippen LogP contribution < -0.4 is 9.47 Å². The Morgan fingerprint density at radius 2 is 1.86 bits per heavy atom. The average Bonchev–Trinajstić information content (AvgIpc) is 2.46. The number of hydrogen-bond acceptors (Lipinski definition) is 2. The fourth-order valence-corrected chi connectivity index (χ4v) is 2.95. The first-order valence-corrected chi connectivity index (χ1v) is 8.12. The Morgan fingerprint density at radius 3 is 2.48 bits per heavy atom. The lowest BCUT2D eigenvalue weighted by atomic mass is 10.2.